The minimum absolute atomic E-state index is 0.0406. The van der Waals surface area contributed by atoms with Crippen molar-refractivity contribution < 1.29 is 35.0 Å². The molecule has 0 amide bonds. The molecular formula is C25H49NO7. The average molecular weight is 476 g/mol. The second kappa shape index (κ2) is 18.7. The topological polar surface area (TPSA) is 146 Å². The van der Waals surface area contributed by atoms with Crippen molar-refractivity contribution in [1.29, 1.82) is 0 Å². The molecule has 0 bridgehead atoms. The molecule has 196 valence electrons. The molecule has 7 atom stereocenters. The standard InChI is InChI=1S/C25H49NO7/c1-2-3-4-5-6-7-8-9-10-11-12-13-14-15-20(28)19(26)17-32-18-22-24(30)25(31)23(29)21(16-27)33-22/h14-15,19-25,27-31H,2-13,16-18,26H2,1H3/b15-14+/t19-,20+,21?,22-,23+,24?,25?/m0/s1. The van der Waals surface area contributed by atoms with Gasteiger partial charge in [0.25, 0.3) is 0 Å². The van der Waals surface area contributed by atoms with E-state index in [0.29, 0.717) is 0 Å². The minimum Gasteiger partial charge on any atom is -0.394 e. The van der Waals surface area contributed by atoms with Crippen LogP contribution in [0.25, 0.3) is 0 Å². The summed E-state index contributed by atoms with van der Waals surface area (Å²) in [6.45, 7) is 1.73. The number of hydrogen-bond acceptors (Lipinski definition) is 8. The smallest absolute Gasteiger partial charge is 0.111 e. The zero-order valence-corrected chi connectivity index (χ0v) is 20.4. The first kappa shape index (κ1) is 30.5. The lowest BCUT2D eigenvalue weighted by atomic mass is 9.95. The van der Waals surface area contributed by atoms with Gasteiger partial charge < -0.3 is 40.7 Å². The van der Waals surface area contributed by atoms with E-state index in [2.05, 4.69) is 6.92 Å². The number of unbranched alkanes of at least 4 members (excludes halogenated alkanes) is 11. The normalized spacial score (nSPS) is 27.8. The first-order valence-corrected chi connectivity index (χ1v) is 12.9. The van der Waals surface area contributed by atoms with Crippen LogP contribution in [0.15, 0.2) is 12.2 Å². The highest BCUT2D eigenvalue weighted by Crippen LogP contribution is 2.21. The van der Waals surface area contributed by atoms with Crippen LogP contribution in [0.5, 0.6) is 0 Å². The molecule has 1 aliphatic rings. The molecule has 0 radical (unpaired) electrons. The highest BCUT2D eigenvalue weighted by molar-refractivity contribution is 4.94. The summed E-state index contributed by atoms with van der Waals surface area (Å²) < 4.78 is 10.8. The lowest BCUT2D eigenvalue weighted by molar-refractivity contribution is -0.239. The van der Waals surface area contributed by atoms with E-state index >= 15 is 0 Å². The Morgan fingerprint density at radius 1 is 0.848 bits per heavy atom. The van der Waals surface area contributed by atoms with Crippen LogP contribution in [0.1, 0.15) is 84.0 Å². The van der Waals surface area contributed by atoms with Gasteiger partial charge in [0.1, 0.15) is 30.5 Å². The quantitative estimate of drug-likeness (QED) is 0.122. The Balaban J connectivity index is 2.07. The van der Waals surface area contributed by atoms with Gasteiger partial charge in [-0.05, 0) is 12.8 Å². The third kappa shape index (κ3) is 12.6. The van der Waals surface area contributed by atoms with Gasteiger partial charge in [-0.1, -0.05) is 83.3 Å². The number of ether oxygens (including phenoxy) is 2. The van der Waals surface area contributed by atoms with E-state index < -0.39 is 49.3 Å². The lowest BCUT2D eigenvalue weighted by Crippen LogP contribution is -2.59. The number of aliphatic hydroxyl groups is 5. The molecule has 0 aromatic carbocycles. The number of rotatable bonds is 19. The molecule has 33 heavy (non-hydrogen) atoms. The van der Waals surface area contributed by atoms with Crippen molar-refractivity contribution in [3.8, 4) is 0 Å². The van der Waals surface area contributed by atoms with Crippen molar-refractivity contribution in [2.75, 3.05) is 19.8 Å². The fraction of sp³-hybridized carbons (Fsp3) is 0.920. The van der Waals surface area contributed by atoms with Crippen LogP contribution < -0.4 is 5.73 Å². The summed E-state index contributed by atoms with van der Waals surface area (Å²) in [6, 6.07) is -0.636. The number of hydrogen-bond donors (Lipinski definition) is 6. The molecule has 0 aromatic rings. The summed E-state index contributed by atoms with van der Waals surface area (Å²) >= 11 is 0. The van der Waals surface area contributed by atoms with Crippen LogP contribution in [0.3, 0.4) is 0 Å². The Hall–Kier alpha value is -0.580. The Morgan fingerprint density at radius 3 is 1.97 bits per heavy atom. The van der Waals surface area contributed by atoms with Crippen LogP contribution in [0.2, 0.25) is 0 Å². The number of aliphatic hydroxyl groups excluding tert-OH is 5. The molecule has 0 aromatic heterocycles. The zero-order chi connectivity index (χ0) is 24.5. The molecule has 7 N–H and O–H groups in total. The predicted molar refractivity (Wildman–Crippen MR) is 129 cm³/mol. The molecule has 0 saturated carbocycles. The van der Waals surface area contributed by atoms with Gasteiger partial charge in [0, 0.05) is 0 Å². The lowest BCUT2D eigenvalue weighted by Gasteiger charge is -2.40. The van der Waals surface area contributed by atoms with Crippen LogP contribution in [0.4, 0.5) is 0 Å². The molecule has 8 nitrogen and oxygen atoms in total. The van der Waals surface area contributed by atoms with Crippen molar-refractivity contribution in [2.45, 2.75) is 127 Å². The van der Waals surface area contributed by atoms with Crippen molar-refractivity contribution >= 4 is 0 Å². The average Bonchev–Trinajstić information content (AvgIpc) is 2.81. The summed E-state index contributed by atoms with van der Waals surface area (Å²) in [5, 5.41) is 48.9. The van der Waals surface area contributed by atoms with Crippen LogP contribution in [0, 0.1) is 0 Å². The van der Waals surface area contributed by atoms with E-state index in [-0.39, 0.29) is 13.2 Å². The highest BCUT2D eigenvalue weighted by atomic mass is 16.6. The van der Waals surface area contributed by atoms with Gasteiger partial charge in [0.2, 0.25) is 0 Å². The van der Waals surface area contributed by atoms with Gasteiger partial charge in [-0.3, -0.25) is 0 Å². The molecule has 3 unspecified atom stereocenters. The van der Waals surface area contributed by atoms with E-state index in [0.717, 1.165) is 12.8 Å². The van der Waals surface area contributed by atoms with E-state index in [1.54, 1.807) is 6.08 Å². The van der Waals surface area contributed by atoms with Gasteiger partial charge in [-0.2, -0.15) is 0 Å². The second-order valence-electron chi connectivity index (χ2n) is 9.31. The highest BCUT2D eigenvalue weighted by Gasteiger charge is 2.43. The van der Waals surface area contributed by atoms with E-state index in [4.69, 9.17) is 15.2 Å². The Morgan fingerprint density at radius 2 is 1.39 bits per heavy atom. The molecule has 8 heteroatoms. The van der Waals surface area contributed by atoms with E-state index in [1.807, 2.05) is 6.08 Å². The third-order valence-corrected chi connectivity index (χ3v) is 6.33. The van der Waals surface area contributed by atoms with Gasteiger partial charge in [-0.15, -0.1) is 0 Å². The molecule has 1 saturated heterocycles. The van der Waals surface area contributed by atoms with Gasteiger partial charge in [0.15, 0.2) is 0 Å². The minimum atomic E-state index is -1.43. The van der Waals surface area contributed by atoms with Gasteiger partial charge >= 0.3 is 0 Å². The van der Waals surface area contributed by atoms with Crippen LogP contribution >= 0.6 is 0 Å². The fourth-order valence-corrected chi connectivity index (χ4v) is 4.04. The molecule has 1 aliphatic heterocycles. The Kier molecular flexibility index (Phi) is 17.3. The fourth-order valence-electron chi connectivity index (χ4n) is 4.04. The van der Waals surface area contributed by atoms with Crippen LogP contribution in [-0.4, -0.2) is 88.0 Å². The van der Waals surface area contributed by atoms with Crippen molar-refractivity contribution in [1.82, 2.24) is 0 Å². The molecule has 0 aliphatic carbocycles. The Labute approximate surface area is 199 Å². The number of allylic oxidation sites excluding steroid dienone is 1. The van der Waals surface area contributed by atoms with Gasteiger partial charge in [-0.25, -0.2) is 0 Å². The molecule has 1 fully saturated rings. The molecule has 1 heterocycles. The second-order valence-corrected chi connectivity index (χ2v) is 9.31. The molecule has 0 spiro atoms. The maximum atomic E-state index is 10.2. The SMILES string of the molecule is CCCCCCCCCCCCC/C=C/[C@@H](O)[C@@H](N)COC[C@@H]1OC(CO)[C@@H](O)C(O)C1O. The van der Waals surface area contributed by atoms with E-state index in [1.165, 1.54) is 64.2 Å². The summed E-state index contributed by atoms with van der Waals surface area (Å²) in [5.41, 5.74) is 5.96. The molecule has 1 rings (SSSR count). The maximum Gasteiger partial charge on any atom is 0.111 e. The molecular weight excluding hydrogens is 426 g/mol. The maximum absolute atomic E-state index is 10.2. The summed E-state index contributed by atoms with van der Waals surface area (Å²) in [5.74, 6) is 0. The van der Waals surface area contributed by atoms with Crippen molar-refractivity contribution in [3.63, 3.8) is 0 Å². The number of nitrogens with two attached hydrogens (primary N) is 1. The first-order valence-electron chi connectivity index (χ1n) is 12.9. The summed E-state index contributed by atoms with van der Waals surface area (Å²) in [6.07, 6.45) is 12.0. The zero-order valence-electron chi connectivity index (χ0n) is 20.4. The van der Waals surface area contributed by atoms with Crippen molar-refractivity contribution in [2.24, 2.45) is 5.73 Å². The van der Waals surface area contributed by atoms with Gasteiger partial charge in [0.05, 0.1) is 32.0 Å². The van der Waals surface area contributed by atoms with Crippen LogP contribution in [-0.2, 0) is 9.47 Å². The summed E-state index contributed by atoms with van der Waals surface area (Å²) in [4.78, 5) is 0. The first-order chi connectivity index (χ1) is 15.9. The van der Waals surface area contributed by atoms with E-state index in [9.17, 15) is 25.5 Å². The third-order valence-electron chi connectivity index (χ3n) is 6.33. The predicted octanol–water partition coefficient (Wildman–Crippen LogP) is 1.79. The Bertz CT molecular complexity index is 491. The monoisotopic (exact) mass is 475 g/mol. The largest absolute Gasteiger partial charge is 0.394 e. The summed E-state index contributed by atoms with van der Waals surface area (Å²) in [7, 11) is 0. The van der Waals surface area contributed by atoms with Crippen molar-refractivity contribution in [3.05, 3.63) is 12.2 Å².